The first kappa shape index (κ1) is 18.0. The van der Waals surface area contributed by atoms with E-state index >= 15 is 0 Å². The van der Waals surface area contributed by atoms with E-state index in [-0.39, 0.29) is 29.9 Å². The fourth-order valence-electron chi connectivity index (χ4n) is 3.69. The molecule has 3 rings (SSSR count). The largest absolute Gasteiger partial charge is 0.492 e. The molecule has 1 saturated carbocycles. The van der Waals surface area contributed by atoms with Crippen molar-refractivity contribution < 1.29 is 19.1 Å². The molecule has 2 fully saturated rings. The summed E-state index contributed by atoms with van der Waals surface area (Å²) in [5.41, 5.74) is 5.98. The first-order chi connectivity index (χ1) is 12.0. The molecule has 1 aliphatic heterocycles. The van der Waals surface area contributed by atoms with Gasteiger partial charge in [-0.05, 0) is 44.4 Å². The Morgan fingerprint density at radius 3 is 2.88 bits per heavy atom. The number of fused-ring (bicyclic) bond motifs is 1. The Morgan fingerprint density at radius 1 is 1.40 bits per heavy atom. The van der Waals surface area contributed by atoms with E-state index in [1.807, 2.05) is 6.92 Å². The van der Waals surface area contributed by atoms with Crippen molar-refractivity contribution >= 4 is 23.4 Å². The Kier molecular flexibility index (Phi) is 5.49. The number of nitrogens with two attached hydrogens (primary N) is 1. The third-order valence-corrected chi connectivity index (χ3v) is 5.26. The number of benzene rings is 1. The van der Waals surface area contributed by atoms with Crippen LogP contribution in [0, 0.1) is 5.92 Å². The Hall–Kier alpha value is -1.79. The van der Waals surface area contributed by atoms with Crippen molar-refractivity contribution in [2.75, 3.05) is 19.8 Å². The first-order valence-corrected chi connectivity index (χ1v) is 9.03. The zero-order valence-electron chi connectivity index (χ0n) is 14.2. The van der Waals surface area contributed by atoms with Gasteiger partial charge in [0.25, 0.3) is 5.91 Å². The summed E-state index contributed by atoms with van der Waals surface area (Å²) in [5.74, 6) is -0.0527. The molecule has 7 heteroatoms. The number of rotatable bonds is 4. The van der Waals surface area contributed by atoms with Crippen LogP contribution in [-0.2, 0) is 9.53 Å². The number of primary amides is 1. The van der Waals surface area contributed by atoms with Crippen LogP contribution in [0.3, 0.4) is 0 Å². The van der Waals surface area contributed by atoms with Crippen LogP contribution in [0.2, 0.25) is 5.02 Å². The molecule has 1 aromatic rings. The summed E-state index contributed by atoms with van der Waals surface area (Å²) in [5, 5.41) is 0.413. The number of ether oxygens (including phenoxy) is 2. The van der Waals surface area contributed by atoms with Crippen LogP contribution >= 0.6 is 11.6 Å². The highest BCUT2D eigenvalue weighted by molar-refractivity contribution is 6.32. The number of morpholine rings is 1. The molecule has 0 bridgehead atoms. The second kappa shape index (κ2) is 7.62. The second-order valence-corrected chi connectivity index (χ2v) is 6.87. The lowest BCUT2D eigenvalue weighted by atomic mass is 9.81. The summed E-state index contributed by atoms with van der Waals surface area (Å²) in [6.07, 6.45) is 1.97. The molecule has 25 heavy (non-hydrogen) atoms. The van der Waals surface area contributed by atoms with Crippen LogP contribution in [-0.4, -0.2) is 48.6 Å². The van der Waals surface area contributed by atoms with E-state index in [9.17, 15) is 9.59 Å². The van der Waals surface area contributed by atoms with Crippen LogP contribution in [0.15, 0.2) is 18.2 Å². The number of hydrogen-bond donors (Lipinski definition) is 1. The van der Waals surface area contributed by atoms with Crippen molar-refractivity contribution in [3.63, 3.8) is 0 Å². The van der Waals surface area contributed by atoms with Gasteiger partial charge in [0, 0.05) is 18.0 Å². The van der Waals surface area contributed by atoms with Gasteiger partial charge in [-0.25, -0.2) is 0 Å². The van der Waals surface area contributed by atoms with Crippen molar-refractivity contribution in [1.29, 1.82) is 0 Å². The van der Waals surface area contributed by atoms with Gasteiger partial charge in [-0.15, -0.1) is 0 Å². The van der Waals surface area contributed by atoms with Crippen molar-refractivity contribution in [3.05, 3.63) is 28.8 Å². The van der Waals surface area contributed by atoms with Gasteiger partial charge in [0.1, 0.15) is 5.75 Å². The monoisotopic (exact) mass is 366 g/mol. The molecule has 0 radical (unpaired) electrons. The molecule has 2 amide bonds. The highest BCUT2D eigenvalue weighted by atomic mass is 35.5. The van der Waals surface area contributed by atoms with Gasteiger partial charge in [0.05, 0.1) is 30.4 Å². The van der Waals surface area contributed by atoms with Crippen LogP contribution in [0.1, 0.15) is 36.5 Å². The van der Waals surface area contributed by atoms with E-state index in [0.717, 1.165) is 6.42 Å². The normalized spacial score (nSPS) is 26.0. The molecule has 0 unspecified atom stereocenters. The number of nitrogens with zero attached hydrogens (tertiary/aromatic N) is 1. The molecule has 136 valence electrons. The van der Waals surface area contributed by atoms with Crippen LogP contribution in [0.25, 0.3) is 0 Å². The van der Waals surface area contributed by atoms with E-state index in [0.29, 0.717) is 48.9 Å². The highest BCUT2D eigenvalue weighted by Gasteiger charge is 2.41. The van der Waals surface area contributed by atoms with Crippen molar-refractivity contribution in [2.24, 2.45) is 11.7 Å². The second-order valence-electron chi connectivity index (χ2n) is 6.47. The first-order valence-electron chi connectivity index (χ1n) is 8.65. The highest BCUT2D eigenvalue weighted by Crippen LogP contribution is 2.34. The fraction of sp³-hybridized carbons (Fsp3) is 0.556. The summed E-state index contributed by atoms with van der Waals surface area (Å²) in [6, 6.07) is 4.94. The lowest BCUT2D eigenvalue weighted by Gasteiger charge is -2.45. The number of carbonyl (C=O) groups is 2. The molecule has 0 spiro atoms. The topological polar surface area (TPSA) is 81.9 Å². The van der Waals surface area contributed by atoms with Crippen LogP contribution in [0.4, 0.5) is 0 Å². The van der Waals surface area contributed by atoms with Gasteiger partial charge in [0.15, 0.2) is 0 Å². The summed E-state index contributed by atoms with van der Waals surface area (Å²) in [4.78, 5) is 26.4. The lowest BCUT2D eigenvalue weighted by molar-refractivity contribution is -0.128. The average Bonchev–Trinajstić information content (AvgIpc) is 2.62. The Bertz CT molecular complexity index is 666. The van der Waals surface area contributed by atoms with Gasteiger partial charge >= 0.3 is 0 Å². The molecule has 0 aromatic heterocycles. The van der Waals surface area contributed by atoms with Crippen molar-refractivity contribution in [3.8, 4) is 5.75 Å². The maximum absolute atomic E-state index is 13.0. The third-order valence-electron chi connectivity index (χ3n) is 4.96. The molecule has 6 nitrogen and oxygen atoms in total. The van der Waals surface area contributed by atoms with Crippen molar-refractivity contribution in [2.45, 2.75) is 38.3 Å². The number of halogens is 1. The molecular formula is C18H23ClN2O4. The Balaban J connectivity index is 1.80. The fourth-order valence-corrected chi connectivity index (χ4v) is 3.93. The minimum Gasteiger partial charge on any atom is -0.492 e. The third kappa shape index (κ3) is 3.75. The number of amides is 2. The van der Waals surface area contributed by atoms with E-state index in [1.54, 1.807) is 23.1 Å². The maximum Gasteiger partial charge on any atom is 0.254 e. The predicted octanol–water partition coefficient (Wildman–Crippen LogP) is 2.23. The summed E-state index contributed by atoms with van der Waals surface area (Å²) < 4.78 is 11.2. The van der Waals surface area contributed by atoms with E-state index in [1.165, 1.54) is 0 Å². The zero-order valence-corrected chi connectivity index (χ0v) is 15.0. The van der Waals surface area contributed by atoms with Gasteiger partial charge in [-0.2, -0.15) is 0 Å². The smallest absolute Gasteiger partial charge is 0.254 e. The van der Waals surface area contributed by atoms with E-state index in [2.05, 4.69) is 0 Å². The molecular weight excluding hydrogens is 344 g/mol. The van der Waals surface area contributed by atoms with E-state index in [4.69, 9.17) is 26.8 Å². The molecule has 2 aliphatic rings. The Labute approximate surface area is 152 Å². The molecule has 1 saturated heterocycles. The predicted molar refractivity (Wildman–Crippen MR) is 93.7 cm³/mol. The van der Waals surface area contributed by atoms with Crippen LogP contribution in [0.5, 0.6) is 5.75 Å². The van der Waals surface area contributed by atoms with Crippen LogP contribution < -0.4 is 10.5 Å². The quantitative estimate of drug-likeness (QED) is 0.885. The van der Waals surface area contributed by atoms with Gasteiger partial charge in [-0.1, -0.05) is 11.6 Å². The van der Waals surface area contributed by atoms with Gasteiger partial charge < -0.3 is 20.1 Å². The summed E-state index contributed by atoms with van der Waals surface area (Å²) in [6.45, 7) is 3.38. The average molecular weight is 367 g/mol. The molecule has 2 N–H and O–H groups in total. The minimum atomic E-state index is -0.305. The standard InChI is InChI=1S/C18H23ClN2O4/c1-2-24-15-5-4-12(9-13(15)19)18(23)21-7-8-25-16-6-3-11(17(20)22)10-14(16)21/h4-5,9,11,14,16H,2-3,6-8,10H2,1H3,(H2,20,22)/t11-,14+,16+/m0/s1. The maximum atomic E-state index is 13.0. The SMILES string of the molecule is CCOc1ccc(C(=O)N2CCO[C@@H]3CC[C@H](C(N)=O)C[C@H]32)cc1Cl. The number of hydrogen-bond acceptors (Lipinski definition) is 4. The lowest BCUT2D eigenvalue weighted by Crippen LogP contribution is -2.57. The molecule has 1 aliphatic carbocycles. The molecule has 3 atom stereocenters. The number of carbonyl (C=O) groups excluding carboxylic acids is 2. The summed E-state index contributed by atoms with van der Waals surface area (Å²) in [7, 11) is 0. The van der Waals surface area contributed by atoms with Gasteiger partial charge in [-0.3, -0.25) is 9.59 Å². The molecule has 1 aromatic carbocycles. The zero-order chi connectivity index (χ0) is 18.0. The van der Waals surface area contributed by atoms with Crippen molar-refractivity contribution in [1.82, 2.24) is 4.90 Å². The molecule has 1 heterocycles. The van der Waals surface area contributed by atoms with E-state index < -0.39 is 0 Å². The Morgan fingerprint density at radius 2 is 2.20 bits per heavy atom. The summed E-state index contributed by atoms with van der Waals surface area (Å²) >= 11 is 6.21. The van der Waals surface area contributed by atoms with Gasteiger partial charge in [0.2, 0.25) is 5.91 Å². The minimum absolute atomic E-state index is 0.0357.